The van der Waals surface area contributed by atoms with Crippen LogP contribution in [-0.4, -0.2) is 51.7 Å². The van der Waals surface area contributed by atoms with Gasteiger partial charge >= 0.3 is 5.69 Å². The molecule has 2 unspecified atom stereocenters. The standard InChI is InChI=1S/C19H18FN5O5S/c20-13-4-3-12(9-15(13)25(29)30)24-10-11(8-16(24)26)18(28)23-6-1-2-14(23)17(27)22-19-21-5-7-31-19/h3-5,7,9,11,14H,1-2,6,8,10H2,(H,21,22,27). The SMILES string of the molecule is O=C(Nc1nccs1)C1CCCN1C(=O)C1CC(=O)N(c2ccc(F)c([N+](=O)[O-])c2)C1. The van der Waals surface area contributed by atoms with Crippen LogP contribution in [0.3, 0.4) is 0 Å². The Morgan fingerprint density at radius 3 is 2.87 bits per heavy atom. The molecule has 162 valence electrons. The van der Waals surface area contributed by atoms with Gasteiger partial charge in [0.2, 0.25) is 23.5 Å². The second-order valence-corrected chi connectivity index (χ2v) is 8.21. The van der Waals surface area contributed by atoms with Gasteiger partial charge in [-0.2, -0.15) is 4.39 Å². The number of aromatic nitrogens is 1. The van der Waals surface area contributed by atoms with Crippen LogP contribution in [-0.2, 0) is 14.4 Å². The van der Waals surface area contributed by atoms with Gasteiger partial charge in [0, 0.05) is 37.2 Å². The monoisotopic (exact) mass is 447 g/mol. The zero-order chi connectivity index (χ0) is 22.1. The fourth-order valence-corrected chi connectivity index (χ4v) is 4.47. The fraction of sp³-hybridized carbons (Fsp3) is 0.368. The van der Waals surface area contributed by atoms with E-state index in [9.17, 15) is 28.9 Å². The Hall–Kier alpha value is -3.41. The highest BCUT2D eigenvalue weighted by Crippen LogP contribution is 2.32. The summed E-state index contributed by atoms with van der Waals surface area (Å²) in [6.45, 7) is 0.416. The summed E-state index contributed by atoms with van der Waals surface area (Å²) in [5.74, 6) is -2.72. The number of nitro groups is 1. The van der Waals surface area contributed by atoms with E-state index in [0.29, 0.717) is 24.5 Å². The first-order chi connectivity index (χ1) is 14.8. The van der Waals surface area contributed by atoms with Crippen LogP contribution in [0.4, 0.5) is 20.9 Å². The van der Waals surface area contributed by atoms with Gasteiger partial charge in [-0.25, -0.2) is 4.98 Å². The van der Waals surface area contributed by atoms with Gasteiger partial charge in [-0.3, -0.25) is 24.5 Å². The number of nitrogens with one attached hydrogen (secondary N) is 1. The molecule has 2 fully saturated rings. The van der Waals surface area contributed by atoms with Crippen LogP contribution in [0.15, 0.2) is 29.8 Å². The van der Waals surface area contributed by atoms with Gasteiger partial charge in [-0.05, 0) is 25.0 Å². The number of halogens is 1. The molecule has 2 aliphatic heterocycles. The molecule has 2 atom stereocenters. The second-order valence-electron chi connectivity index (χ2n) is 7.31. The zero-order valence-corrected chi connectivity index (χ0v) is 17.0. The topological polar surface area (TPSA) is 126 Å². The lowest BCUT2D eigenvalue weighted by molar-refractivity contribution is -0.387. The highest BCUT2D eigenvalue weighted by atomic mass is 32.1. The van der Waals surface area contributed by atoms with Crippen molar-refractivity contribution in [3.8, 4) is 0 Å². The summed E-state index contributed by atoms with van der Waals surface area (Å²) in [5, 5.41) is 15.9. The van der Waals surface area contributed by atoms with E-state index in [4.69, 9.17) is 0 Å². The lowest BCUT2D eigenvalue weighted by atomic mass is 10.1. The summed E-state index contributed by atoms with van der Waals surface area (Å²) in [7, 11) is 0. The van der Waals surface area contributed by atoms with E-state index in [1.54, 1.807) is 11.6 Å². The molecule has 3 heterocycles. The van der Waals surface area contributed by atoms with E-state index < -0.39 is 28.4 Å². The van der Waals surface area contributed by atoms with Crippen LogP contribution >= 0.6 is 11.3 Å². The lowest BCUT2D eigenvalue weighted by Crippen LogP contribution is -2.46. The van der Waals surface area contributed by atoms with Crippen LogP contribution in [0.1, 0.15) is 19.3 Å². The first-order valence-electron chi connectivity index (χ1n) is 9.60. The Morgan fingerprint density at radius 1 is 1.35 bits per heavy atom. The summed E-state index contributed by atoms with van der Waals surface area (Å²) in [6.07, 6.45) is 2.66. The summed E-state index contributed by atoms with van der Waals surface area (Å²) in [6, 6.07) is 2.54. The number of carbonyl (C=O) groups excluding carboxylic acids is 3. The number of nitrogens with zero attached hydrogens (tertiary/aromatic N) is 4. The Labute approximate surface area is 179 Å². The molecule has 0 aliphatic carbocycles. The van der Waals surface area contributed by atoms with Crippen LogP contribution in [0, 0.1) is 21.8 Å². The number of anilines is 2. The number of thiazole rings is 1. The number of carbonyl (C=O) groups is 3. The van der Waals surface area contributed by atoms with Crippen molar-refractivity contribution >= 4 is 45.6 Å². The normalized spacial score (nSPS) is 20.9. The minimum absolute atomic E-state index is 0.0117. The molecule has 31 heavy (non-hydrogen) atoms. The van der Waals surface area contributed by atoms with Gasteiger partial charge in [-0.1, -0.05) is 0 Å². The second kappa shape index (κ2) is 8.38. The van der Waals surface area contributed by atoms with Gasteiger partial charge in [0.15, 0.2) is 5.13 Å². The van der Waals surface area contributed by atoms with Crippen molar-refractivity contribution in [1.82, 2.24) is 9.88 Å². The smallest absolute Gasteiger partial charge is 0.306 e. The molecular weight excluding hydrogens is 429 g/mol. The summed E-state index contributed by atoms with van der Waals surface area (Å²) in [4.78, 5) is 55.1. The van der Waals surface area contributed by atoms with Crippen molar-refractivity contribution in [1.29, 1.82) is 0 Å². The Bertz CT molecular complexity index is 1050. The lowest BCUT2D eigenvalue weighted by Gasteiger charge is -2.26. The first kappa shape index (κ1) is 20.8. The number of benzene rings is 1. The molecule has 1 aromatic carbocycles. The van der Waals surface area contributed by atoms with Crippen molar-refractivity contribution in [3.05, 3.63) is 45.7 Å². The largest absolute Gasteiger partial charge is 0.330 e. The van der Waals surface area contributed by atoms with E-state index in [-0.39, 0.29) is 36.4 Å². The first-order valence-corrected chi connectivity index (χ1v) is 10.5. The molecule has 1 N–H and O–H groups in total. The van der Waals surface area contributed by atoms with Crippen LogP contribution in [0.25, 0.3) is 0 Å². The van der Waals surface area contributed by atoms with Crippen LogP contribution in [0.2, 0.25) is 0 Å². The van der Waals surface area contributed by atoms with Gasteiger partial charge in [-0.15, -0.1) is 11.3 Å². The molecule has 0 saturated carbocycles. The summed E-state index contributed by atoms with van der Waals surface area (Å²) in [5.41, 5.74) is -0.577. The van der Waals surface area contributed by atoms with E-state index in [0.717, 1.165) is 12.1 Å². The molecular formula is C19H18FN5O5S. The highest BCUT2D eigenvalue weighted by Gasteiger charge is 2.42. The molecule has 1 aromatic heterocycles. The maximum Gasteiger partial charge on any atom is 0.306 e. The van der Waals surface area contributed by atoms with Gasteiger partial charge in [0.05, 0.1) is 16.5 Å². The third kappa shape index (κ3) is 4.10. The maximum atomic E-state index is 13.6. The third-order valence-corrected chi connectivity index (χ3v) is 6.10. The number of amides is 3. The van der Waals surface area contributed by atoms with Crippen LogP contribution < -0.4 is 10.2 Å². The van der Waals surface area contributed by atoms with Crippen molar-refractivity contribution in [2.75, 3.05) is 23.3 Å². The average Bonchev–Trinajstić information content (AvgIpc) is 3.48. The third-order valence-electron chi connectivity index (χ3n) is 5.41. The highest BCUT2D eigenvalue weighted by molar-refractivity contribution is 7.13. The molecule has 0 radical (unpaired) electrons. The van der Waals surface area contributed by atoms with E-state index >= 15 is 0 Å². The van der Waals surface area contributed by atoms with Gasteiger partial charge in [0.25, 0.3) is 0 Å². The van der Waals surface area contributed by atoms with Crippen molar-refractivity contribution < 1.29 is 23.7 Å². The summed E-state index contributed by atoms with van der Waals surface area (Å²) < 4.78 is 13.6. The molecule has 2 aromatic rings. The Balaban J connectivity index is 1.47. The predicted octanol–water partition coefficient (Wildman–Crippen LogP) is 2.17. The van der Waals surface area contributed by atoms with Crippen molar-refractivity contribution in [2.45, 2.75) is 25.3 Å². The number of hydrogen-bond donors (Lipinski definition) is 1. The molecule has 10 nitrogen and oxygen atoms in total. The average molecular weight is 447 g/mol. The number of rotatable bonds is 5. The molecule has 4 rings (SSSR count). The van der Waals surface area contributed by atoms with Crippen LogP contribution in [0.5, 0.6) is 0 Å². The minimum atomic E-state index is -1.00. The van der Waals surface area contributed by atoms with E-state index in [1.807, 2.05) is 0 Å². The van der Waals surface area contributed by atoms with E-state index in [1.165, 1.54) is 27.2 Å². The van der Waals surface area contributed by atoms with Gasteiger partial charge in [0.1, 0.15) is 6.04 Å². The molecule has 3 amide bonds. The number of nitro benzene ring substituents is 1. The quantitative estimate of drug-likeness (QED) is 0.553. The molecule has 2 aliphatic rings. The maximum absolute atomic E-state index is 13.6. The van der Waals surface area contributed by atoms with E-state index in [2.05, 4.69) is 10.3 Å². The molecule has 0 bridgehead atoms. The molecule has 2 saturated heterocycles. The number of likely N-dealkylation sites (tertiary alicyclic amines) is 1. The number of hydrogen-bond acceptors (Lipinski definition) is 7. The molecule has 0 spiro atoms. The zero-order valence-electron chi connectivity index (χ0n) is 16.2. The molecule has 12 heteroatoms. The van der Waals surface area contributed by atoms with Crippen molar-refractivity contribution in [2.24, 2.45) is 5.92 Å². The van der Waals surface area contributed by atoms with Crippen molar-refractivity contribution in [3.63, 3.8) is 0 Å². The fourth-order valence-electron chi connectivity index (χ4n) is 3.94. The summed E-state index contributed by atoms with van der Waals surface area (Å²) >= 11 is 1.27. The minimum Gasteiger partial charge on any atom is -0.330 e. The predicted molar refractivity (Wildman–Crippen MR) is 109 cm³/mol. The van der Waals surface area contributed by atoms with Gasteiger partial charge < -0.3 is 15.1 Å². The Morgan fingerprint density at radius 2 is 2.16 bits per heavy atom. The Kier molecular flexibility index (Phi) is 5.63.